The number of likely N-dealkylation sites (tertiary alicyclic amines) is 1. The van der Waals surface area contributed by atoms with Crippen LogP contribution in [0, 0.1) is 0 Å². The van der Waals surface area contributed by atoms with Crippen molar-refractivity contribution in [1.29, 1.82) is 0 Å². The van der Waals surface area contributed by atoms with Crippen molar-refractivity contribution >= 4 is 17.5 Å². The Kier molecular flexibility index (Phi) is 9.47. The number of rotatable bonds is 10. The Hall–Kier alpha value is -1.56. The summed E-state index contributed by atoms with van der Waals surface area (Å²) in [4.78, 5) is 16.8. The fraction of sp³-hybridized carbons (Fsp3) is 0.609. The van der Waals surface area contributed by atoms with E-state index in [0.29, 0.717) is 28.9 Å². The van der Waals surface area contributed by atoms with Crippen molar-refractivity contribution in [2.75, 3.05) is 40.3 Å². The lowest BCUT2D eigenvalue weighted by Crippen LogP contribution is -2.43. The van der Waals surface area contributed by atoms with Crippen LogP contribution in [0.5, 0.6) is 5.75 Å². The molecule has 162 valence electrons. The van der Waals surface area contributed by atoms with Crippen LogP contribution in [0.1, 0.15) is 49.9 Å². The van der Waals surface area contributed by atoms with Gasteiger partial charge in [-0.2, -0.15) is 0 Å². The maximum atomic E-state index is 12.2. The van der Waals surface area contributed by atoms with Crippen LogP contribution in [-0.4, -0.2) is 68.1 Å². The number of hydrogen-bond acceptors (Lipinski definition) is 4. The fourth-order valence-corrected chi connectivity index (χ4v) is 3.71. The van der Waals surface area contributed by atoms with Crippen molar-refractivity contribution in [3.8, 4) is 5.75 Å². The van der Waals surface area contributed by atoms with Crippen molar-refractivity contribution in [2.24, 2.45) is 0 Å². The van der Waals surface area contributed by atoms with Crippen LogP contribution in [0.4, 0.5) is 0 Å². The van der Waals surface area contributed by atoms with Gasteiger partial charge in [0.05, 0.1) is 5.02 Å². The fourth-order valence-electron chi connectivity index (χ4n) is 3.48. The Balaban J connectivity index is 1.82. The van der Waals surface area contributed by atoms with Crippen molar-refractivity contribution in [1.82, 2.24) is 15.1 Å². The van der Waals surface area contributed by atoms with Crippen LogP contribution >= 0.6 is 11.6 Å². The average Bonchev–Trinajstić information content (AvgIpc) is 2.67. The molecule has 1 fully saturated rings. The van der Waals surface area contributed by atoms with E-state index in [-0.39, 0.29) is 12.0 Å². The van der Waals surface area contributed by atoms with E-state index in [1.807, 2.05) is 25.1 Å². The van der Waals surface area contributed by atoms with E-state index in [4.69, 9.17) is 16.3 Å². The second-order valence-corrected chi connectivity index (χ2v) is 8.81. The van der Waals surface area contributed by atoms with E-state index in [1.54, 1.807) is 12.1 Å². The van der Waals surface area contributed by atoms with Gasteiger partial charge < -0.3 is 19.9 Å². The minimum atomic E-state index is -0.114. The third-order valence-electron chi connectivity index (χ3n) is 5.42. The Morgan fingerprint density at radius 2 is 2.07 bits per heavy atom. The molecule has 1 unspecified atom stereocenters. The molecule has 1 saturated heterocycles. The molecule has 0 aliphatic carbocycles. The Morgan fingerprint density at radius 3 is 2.66 bits per heavy atom. The molecular weight excluding hydrogens is 386 g/mol. The molecule has 1 N–H and O–H groups in total. The molecule has 0 aromatic heterocycles. The first-order valence-corrected chi connectivity index (χ1v) is 10.9. The number of nitrogens with one attached hydrogen (secondary N) is 1. The number of allylic oxidation sites excluding steroid dienone is 1. The van der Waals surface area contributed by atoms with Gasteiger partial charge in [-0.1, -0.05) is 17.2 Å². The summed E-state index contributed by atoms with van der Waals surface area (Å²) in [6, 6.07) is 5.85. The second kappa shape index (κ2) is 11.6. The van der Waals surface area contributed by atoms with Gasteiger partial charge in [-0.3, -0.25) is 4.79 Å². The third kappa shape index (κ3) is 8.00. The molecule has 1 atom stereocenters. The normalized spacial score (nSPS) is 16.6. The molecule has 5 nitrogen and oxygen atoms in total. The summed E-state index contributed by atoms with van der Waals surface area (Å²) in [5.74, 6) is 0.544. The van der Waals surface area contributed by atoms with Crippen LogP contribution in [0.3, 0.4) is 0 Å². The molecule has 1 aromatic rings. The number of carbonyl (C=O) groups is 1. The first-order valence-electron chi connectivity index (χ1n) is 10.5. The first-order chi connectivity index (χ1) is 13.8. The molecule has 1 aromatic carbocycles. The summed E-state index contributed by atoms with van der Waals surface area (Å²) in [5, 5.41) is 3.39. The summed E-state index contributed by atoms with van der Waals surface area (Å²) in [7, 11) is 3.95. The van der Waals surface area contributed by atoms with Gasteiger partial charge in [0.25, 0.3) is 5.91 Å². The maximum absolute atomic E-state index is 12.2. The van der Waals surface area contributed by atoms with Crippen molar-refractivity contribution in [3.05, 3.63) is 40.9 Å². The SMILES string of the molecule is C=C(C)CCC(C)N1CCC(Oc2ccc(C(=O)NCCN(C)C)cc2Cl)CC1. The van der Waals surface area contributed by atoms with Crippen molar-refractivity contribution in [3.63, 3.8) is 0 Å². The molecule has 0 spiro atoms. The highest BCUT2D eigenvalue weighted by atomic mass is 35.5. The van der Waals surface area contributed by atoms with E-state index in [1.165, 1.54) is 5.57 Å². The van der Waals surface area contributed by atoms with E-state index >= 15 is 0 Å². The van der Waals surface area contributed by atoms with Crippen LogP contribution in [0.25, 0.3) is 0 Å². The summed E-state index contributed by atoms with van der Waals surface area (Å²) >= 11 is 6.40. The van der Waals surface area contributed by atoms with E-state index in [2.05, 4.69) is 30.6 Å². The van der Waals surface area contributed by atoms with E-state index < -0.39 is 0 Å². The van der Waals surface area contributed by atoms with Gasteiger partial charge in [-0.25, -0.2) is 0 Å². The Labute approximate surface area is 181 Å². The zero-order valence-electron chi connectivity index (χ0n) is 18.3. The monoisotopic (exact) mass is 421 g/mol. The Morgan fingerprint density at radius 1 is 1.38 bits per heavy atom. The van der Waals surface area contributed by atoms with E-state index in [9.17, 15) is 4.79 Å². The highest BCUT2D eigenvalue weighted by Gasteiger charge is 2.24. The van der Waals surface area contributed by atoms with Crippen LogP contribution in [0.15, 0.2) is 30.4 Å². The minimum Gasteiger partial charge on any atom is -0.489 e. The van der Waals surface area contributed by atoms with Gasteiger partial charge in [-0.15, -0.1) is 6.58 Å². The van der Waals surface area contributed by atoms with Crippen LogP contribution < -0.4 is 10.1 Å². The summed E-state index contributed by atoms with van der Waals surface area (Å²) < 4.78 is 6.15. The number of piperidine rings is 1. The molecule has 1 heterocycles. The van der Waals surface area contributed by atoms with Gasteiger partial charge in [0.2, 0.25) is 0 Å². The van der Waals surface area contributed by atoms with Gasteiger partial charge in [0, 0.05) is 37.8 Å². The highest BCUT2D eigenvalue weighted by molar-refractivity contribution is 6.32. The maximum Gasteiger partial charge on any atom is 0.251 e. The molecule has 2 rings (SSSR count). The van der Waals surface area contributed by atoms with Gasteiger partial charge in [0.15, 0.2) is 0 Å². The molecule has 29 heavy (non-hydrogen) atoms. The summed E-state index contributed by atoms with van der Waals surface area (Å²) in [6.07, 6.45) is 4.38. The predicted molar refractivity (Wildman–Crippen MR) is 121 cm³/mol. The number of benzene rings is 1. The zero-order chi connectivity index (χ0) is 21.4. The van der Waals surface area contributed by atoms with Crippen LogP contribution in [0.2, 0.25) is 5.02 Å². The van der Waals surface area contributed by atoms with Crippen molar-refractivity contribution in [2.45, 2.75) is 51.7 Å². The number of hydrogen-bond donors (Lipinski definition) is 1. The molecule has 0 radical (unpaired) electrons. The molecule has 1 aliphatic rings. The number of halogens is 1. The van der Waals surface area contributed by atoms with Crippen LogP contribution in [-0.2, 0) is 0 Å². The lowest BCUT2D eigenvalue weighted by molar-refractivity contribution is 0.0776. The molecule has 0 saturated carbocycles. The quantitative estimate of drug-likeness (QED) is 0.574. The molecule has 0 bridgehead atoms. The molecule has 6 heteroatoms. The predicted octanol–water partition coefficient (Wildman–Crippen LogP) is 4.22. The smallest absolute Gasteiger partial charge is 0.251 e. The van der Waals surface area contributed by atoms with Gasteiger partial charge in [0.1, 0.15) is 11.9 Å². The summed E-state index contributed by atoms with van der Waals surface area (Å²) in [6.45, 7) is 11.9. The van der Waals surface area contributed by atoms with Gasteiger partial charge in [-0.05, 0) is 71.8 Å². The molecule has 1 aliphatic heterocycles. The summed E-state index contributed by atoms with van der Waals surface area (Å²) in [5.41, 5.74) is 1.81. The number of nitrogens with zero attached hydrogens (tertiary/aromatic N) is 2. The largest absolute Gasteiger partial charge is 0.489 e. The lowest BCUT2D eigenvalue weighted by atomic mass is 10.0. The first kappa shape index (κ1) is 23.7. The zero-order valence-corrected chi connectivity index (χ0v) is 19.1. The standard InChI is InChI=1S/C23H36ClN3O2/c1-17(2)6-7-18(3)27-13-10-20(11-14-27)29-22-9-8-19(16-21(22)24)23(28)25-12-15-26(4)5/h8-9,16,18,20H,1,6-7,10-15H2,2-5H3,(H,25,28). The number of amides is 1. The number of carbonyl (C=O) groups excluding carboxylic acids is 1. The van der Waals surface area contributed by atoms with Crippen molar-refractivity contribution < 1.29 is 9.53 Å². The topological polar surface area (TPSA) is 44.8 Å². The highest BCUT2D eigenvalue weighted by Crippen LogP contribution is 2.29. The molecule has 1 amide bonds. The molecular formula is C23H36ClN3O2. The van der Waals surface area contributed by atoms with Gasteiger partial charge >= 0.3 is 0 Å². The number of ether oxygens (including phenoxy) is 1. The minimum absolute atomic E-state index is 0.114. The van der Waals surface area contributed by atoms with E-state index in [0.717, 1.165) is 45.3 Å². The lowest BCUT2D eigenvalue weighted by Gasteiger charge is -2.36. The average molecular weight is 422 g/mol. The second-order valence-electron chi connectivity index (χ2n) is 8.40. The number of likely N-dealkylation sites (N-methyl/N-ethyl adjacent to an activating group) is 1. The Bertz CT molecular complexity index is 685. The third-order valence-corrected chi connectivity index (χ3v) is 5.72.